The van der Waals surface area contributed by atoms with E-state index in [2.05, 4.69) is 137 Å². The Hall–Kier alpha value is 4.49. The third-order valence-electron chi connectivity index (χ3n) is 10.9. The van der Waals surface area contributed by atoms with Crippen molar-refractivity contribution in [2.45, 2.75) is 98.5 Å². The molecule has 0 aliphatic heterocycles. The van der Waals surface area contributed by atoms with Crippen molar-refractivity contribution in [1.29, 1.82) is 0 Å². The number of thioether (sulfide) groups is 12. The van der Waals surface area contributed by atoms with Gasteiger partial charge in [-0.15, -0.1) is 141 Å². The lowest BCUT2D eigenvalue weighted by molar-refractivity contribution is 0.0596. The summed E-state index contributed by atoms with van der Waals surface area (Å²) in [7, 11) is -10.6. The molecule has 0 N–H and O–H groups in total. The van der Waals surface area contributed by atoms with Crippen LogP contribution in [0.15, 0.2) is 0 Å². The Morgan fingerprint density at radius 1 is 0.286 bits per heavy atom. The highest BCUT2D eigenvalue weighted by Gasteiger charge is 2.78. The summed E-state index contributed by atoms with van der Waals surface area (Å²) in [6.07, 6.45) is 28.5. The molecule has 0 heterocycles. The third kappa shape index (κ3) is 12.9. The largest absolute Gasteiger partial charge is 0.530 e. The first-order chi connectivity index (χ1) is 30.1. The zero-order valence-corrected chi connectivity index (χ0v) is 55.2. The summed E-state index contributed by atoms with van der Waals surface area (Å²) in [6, 6.07) is 0. The smallest absolute Gasteiger partial charge is 0.372 e. The second-order valence-electron chi connectivity index (χ2n) is 13.1. The van der Waals surface area contributed by atoms with Crippen molar-refractivity contribution < 1.29 is 39.8 Å². The number of rotatable bonds is 41. The normalized spacial score (nSPS) is 14.4. The second-order valence-corrected chi connectivity index (χ2v) is 37.7. The van der Waals surface area contributed by atoms with E-state index in [9.17, 15) is 0 Å². The summed E-state index contributed by atoms with van der Waals surface area (Å²) >= 11 is 22.5. The predicted octanol–water partition coefficient (Wildman–Crippen LogP) is 12.7. The Balaban J connectivity index is 9.78. The van der Waals surface area contributed by atoms with Gasteiger partial charge >= 0.3 is 26.4 Å². The Bertz CT molecular complexity index is 1090. The van der Waals surface area contributed by atoms with Crippen molar-refractivity contribution in [2.75, 3.05) is 135 Å². The molecule has 0 aromatic rings. The molecule has 0 unspecified atom stereocenters. The molecule has 9 nitrogen and oxygen atoms in total. The molecule has 0 fully saturated rings. The number of hydrogen-bond acceptors (Lipinski definition) is 21. The fraction of sp³-hybridized carbons (Fsp3) is 1.00. The van der Waals surface area contributed by atoms with E-state index in [0.29, 0.717) is 59.5 Å². The van der Waals surface area contributed by atoms with Crippen LogP contribution in [0.1, 0.15) is 75.2 Å². The molecule has 63 heavy (non-hydrogen) atoms. The highest BCUT2D eigenvalue weighted by molar-refractivity contribution is 8.28. The Morgan fingerprint density at radius 3 is 0.619 bits per heavy atom. The standard InChI is InChI=1S/C39H86O9S12Si3/c1-22-40-61(41-23-2,42-24-3)37(55-16,56-17)34(49-10,50-11)31-33(36(53-14,54-15)39(59-20,60-21)63(46-28-7,47-29-8)48-30-9)32-35(51-12,52-13)38(57-18,58-19)62(43-25-4,44-26-5)45-27-6/h33H,22-32H2,1-21H3. The van der Waals surface area contributed by atoms with Gasteiger partial charge in [0.25, 0.3) is 0 Å². The van der Waals surface area contributed by atoms with Gasteiger partial charge in [-0.05, 0) is 156 Å². The van der Waals surface area contributed by atoms with Crippen molar-refractivity contribution in [2.24, 2.45) is 5.92 Å². The van der Waals surface area contributed by atoms with Gasteiger partial charge in [-0.1, -0.05) is 0 Å². The van der Waals surface area contributed by atoms with Gasteiger partial charge in [0.2, 0.25) is 0 Å². The first-order valence-electron chi connectivity index (χ1n) is 21.5. The van der Waals surface area contributed by atoms with Crippen molar-refractivity contribution in [3.63, 3.8) is 0 Å². The van der Waals surface area contributed by atoms with Crippen molar-refractivity contribution in [3.05, 3.63) is 0 Å². The van der Waals surface area contributed by atoms with E-state index < -0.39 is 49.8 Å². The monoisotopic (exact) mass is 1170 g/mol. The molecule has 0 aliphatic rings. The van der Waals surface area contributed by atoms with Gasteiger partial charge in [0.15, 0.2) is 11.1 Å². The summed E-state index contributed by atoms with van der Waals surface area (Å²) < 4.78 is 59.6. The SMILES string of the molecule is CCO[Si](OCC)(OCC)C(SC)(SC)C(CC(CC(SC)(SC)C(SC)(SC)[Si](OCC)(OCC)OCC)C(SC)(SC)C(SC)(SC)[Si](OCC)(OCC)OCC)(SC)SC. The van der Waals surface area contributed by atoms with Crippen molar-refractivity contribution in [1.82, 2.24) is 0 Å². The van der Waals surface area contributed by atoms with Gasteiger partial charge in [-0.2, -0.15) is 0 Å². The Labute approximate surface area is 441 Å². The van der Waals surface area contributed by atoms with Gasteiger partial charge in [0, 0.05) is 59.5 Å². The zero-order chi connectivity index (χ0) is 48.7. The maximum atomic E-state index is 7.09. The van der Waals surface area contributed by atoms with Crippen LogP contribution in [0.4, 0.5) is 0 Å². The molecule has 380 valence electrons. The van der Waals surface area contributed by atoms with Crippen LogP contribution in [0.5, 0.6) is 0 Å². The average molecular weight is 1170 g/mol. The fourth-order valence-electron chi connectivity index (χ4n) is 8.78. The van der Waals surface area contributed by atoms with E-state index in [1.807, 2.05) is 141 Å². The van der Waals surface area contributed by atoms with Gasteiger partial charge in [-0.3, -0.25) is 0 Å². The summed E-state index contributed by atoms with van der Waals surface area (Å²) in [5, 5.41) is 0. The summed E-state index contributed by atoms with van der Waals surface area (Å²) in [4.78, 5) is 0. The molecule has 0 aliphatic carbocycles. The molecular formula is C39H86O9S12Si3. The van der Waals surface area contributed by atoms with Gasteiger partial charge in [0.05, 0.1) is 12.2 Å². The number of hydrogen-bond donors (Lipinski definition) is 0. The maximum absolute atomic E-state index is 7.09. The van der Waals surface area contributed by atoms with Crippen molar-refractivity contribution >= 4 is 168 Å². The van der Waals surface area contributed by atoms with E-state index in [-0.39, 0.29) is 5.92 Å². The van der Waals surface area contributed by atoms with E-state index in [1.165, 1.54) is 0 Å². The van der Waals surface area contributed by atoms with Crippen LogP contribution in [-0.4, -0.2) is 184 Å². The molecular weight excluding hydrogens is 1080 g/mol. The molecule has 0 saturated carbocycles. The van der Waals surface area contributed by atoms with Gasteiger partial charge < -0.3 is 39.8 Å². The van der Waals surface area contributed by atoms with Gasteiger partial charge in [-0.25, -0.2) is 0 Å². The minimum atomic E-state index is -3.58. The van der Waals surface area contributed by atoms with Crippen LogP contribution >= 0.6 is 141 Å². The third-order valence-corrected chi connectivity index (χ3v) is 49.9. The quantitative estimate of drug-likeness (QED) is 0.0430. The lowest BCUT2D eigenvalue weighted by atomic mass is 9.92. The molecule has 0 saturated heterocycles. The minimum absolute atomic E-state index is 0.0547. The molecule has 0 bridgehead atoms. The van der Waals surface area contributed by atoms with Crippen LogP contribution < -0.4 is 0 Å². The summed E-state index contributed by atoms with van der Waals surface area (Å²) in [5.41, 5.74) is 0. The molecule has 0 radical (unpaired) electrons. The lowest BCUT2D eigenvalue weighted by Gasteiger charge is -2.61. The van der Waals surface area contributed by atoms with E-state index >= 15 is 0 Å². The van der Waals surface area contributed by atoms with E-state index in [1.54, 1.807) is 0 Å². The average Bonchev–Trinajstić information content (AvgIpc) is 3.28. The zero-order valence-electron chi connectivity index (χ0n) is 42.4. The minimum Gasteiger partial charge on any atom is -0.372 e. The first-order valence-corrected chi connectivity index (χ1v) is 41.3. The van der Waals surface area contributed by atoms with Crippen LogP contribution in [0, 0.1) is 5.92 Å². The molecule has 0 atom stereocenters. The highest BCUT2D eigenvalue weighted by atomic mass is 32.2. The van der Waals surface area contributed by atoms with Gasteiger partial charge in [0.1, 0.15) is 0 Å². The summed E-state index contributed by atoms with van der Waals surface area (Å²) in [5.74, 6) is -0.0547. The first kappa shape index (κ1) is 67.5. The Kier molecular flexibility index (Phi) is 35.0. The molecule has 0 rings (SSSR count). The molecule has 0 aromatic carbocycles. The maximum Gasteiger partial charge on any atom is 0.530 e. The van der Waals surface area contributed by atoms with Crippen molar-refractivity contribution in [3.8, 4) is 0 Å². The van der Waals surface area contributed by atoms with E-state index in [4.69, 9.17) is 39.8 Å². The van der Waals surface area contributed by atoms with Crippen LogP contribution in [0.25, 0.3) is 0 Å². The van der Waals surface area contributed by atoms with Crippen LogP contribution in [0.2, 0.25) is 0 Å². The highest BCUT2D eigenvalue weighted by Crippen LogP contribution is 2.72. The lowest BCUT2D eigenvalue weighted by Crippen LogP contribution is -2.74. The summed E-state index contributed by atoms with van der Waals surface area (Å²) in [6.45, 7) is 22.9. The molecule has 0 spiro atoms. The molecule has 0 amide bonds. The Morgan fingerprint density at radius 2 is 0.476 bits per heavy atom. The fourth-order valence-corrected chi connectivity index (χ4v) is 46.3. The second kappa shape index (κ2) is 32.6. The predicted molar refractivity (Wildman–Crippen MR) is 313 cm³/mol. The van der Waals surface area contributed by atoms with Crippen LogP contribution in [0.3, 0.4) is 0 Å². The van der Waals surface area contributed by atoms with E-state index in [0.717, 1.165) is 12.8 Å². The molecule has 0 aromatic heterocycles. The topological polar surface area (TPSA) is 83.1 Å². The molecule has 24 heteroatoms. The van der Waals surface area contributed by atoms with Crippen LogP contribution in [-0.2, 0) is 39.8 Å².